The molecule has 0 spiro atoms. The van der Waals surface area contributed by atoms with Gasteiger partial charge in [0.05, 0.1) is 27.4 Å². The molecule has 1 aromatic carbocycles. The van der Waals surface area contributed by atoms with Crippen molar-refractivity contribution in [2.24, 2.45) is 0 Å². The molecule has 1 saturated heterocycles. The average Bonchev–Trinajstić information content (AvgIpc) is 2.67. The number of benzene rings is 1. The van der Waals surface area contributed by atoms with Crippen molar-refractivity contribution < 1.29 is 23.4 Å². The molecule has 1 fully saturated rings. The third-order valence-corrected chi connectivity index (χ3v) is 4.07. The molecule has 1 unspecified atom stereocenters. The fraction of sp³-hybridized carbons (Fsp3) is 0.333. The summed E-state index contributed by atoms with van der Waals surface area (Å²) in [5.41, 5.74) is 0.562. The summed E-state index contributed by atoms with van der Waals surface area (Å²) >= 11 is 0. The first-order valence-corrected chi connectivity index (χ1v) is 7.84. The summed E-state index contributed by atoms with van der Waals surface area (Å²) in [7, 11) is 2.98. The van der Waals surface area contributed by atoms with E-state index >= 15 is 0 Å². The fourth-order valence-corrected chi connectivity index (χ4v) is 2.67. The smallest absolute Gasteiger partial charge is 0.289 e. The van der Waals surface area contributed by atoms with Crippen molar-refractivity contribution in [3.8, 4) is 11.5 Å². The summed E-state index contributed by atoms with van der Waals surface area (Å²) in [6.07, 6.45) is 0.908. The lowest BCUT2D eigenvalue weighted by atomic mass is 10.1. The summed E-state index contributed by atoms with van der Waals surface area (Å²) < 4.78 is 21.0. The van der Waals surface area contributed by atoms with Crippen LogP contribution in [0, 0.1) is 0 Å². The number of morpholine rings is 1. The van der Waals surface area contributed by atoms with Crippen LogP contribution in [0.1, 0.15) is 22.2 Å². The van der Waals surface area contributed by atoms with Crippen molar-refractivity contribution in [1.82, 2.24) is 4.90 Å². The van der Waals surface area contributed by atoms with E-state index in [1.54, 1.807) is 12.0 Å². The molecule has 7 heteroatoms. The number of amides is 1. The summed E-state index contributed by atoms with van der Waals surface area (Å²) in [5, 5.41) is 0. The molecule has 1 aliphatic rings. The molecule has 0 radical (unpaired) electrons. The quantitative estimate of drug-likeness (QED) is 0.842. The van der Waals surface area contributed by atoms with Gasteiger partial charge in [0.25, 0.3) is 5.91 Å². The number of rotatable bonds is 4. The minimum Gasteiger partial charge on any atom is -0.497 e. The predicted octanol–water partition coefficient (Wildman–Crippen LogP) is 1.87. The normalized spacial score (nSPS) is 17.2. The molecule has 1 aromatic heterocycles. The van der Waals surface area contributed by atoms with Crippen molar-refractivity contribution in [3.63, 3.8) is 0 Å². The van der Waals surface area contributed by atoms with Crippen molar-refractivity contribution in [2.45, 2.75) is 6.10 Å². The average molecular weight is 345 g/mol. The van der Waals surface area contributed by atoms with Crippen LogP contribution in [0.25, 0.3) is 0 Å². The molecule has 0 bridgehead atoms. The molecular formula is C18H19NO6. The second-order valence-corrected chi connectivity index (χ2v) is 5.56. The maximum absolute atomic E-state index is 12.6. The summed E-state index contributed by atoms with van der Waals surface area (Å²) in [6, 6.07) is 8.67. The van der Waals surface area contributed by atoms with E-state index in [0.29, 0.717) is 19.7 Å². The molecule has 7 nitrogen and oxygen atoms in total. The highest BCUT2D eigenvalue weighted by atomic mass is 16.5. The van der Waals surface area contributed by atoms with E-state index in [-0.39, 0.29) is 23.5 Å². The maximum atomic E-state index is 12.6. The lowest BCUT2D eigenvalue weighted by molar-refractivity contribution is -0.0238. The summed E-state index contributed by atoms with van der Waals surface area (Å²) in [4.78, 5) is 26.0. The van der Waals surface area contributed by atoms with Gasteiger partial charge in [0.15, 0.2) is 5.76 Å². The standard InChI is InChI=1S/C18H19NO6/c1-22-13-5-3-12(4-6-13)16-10-19(7-8-24-16)18(21)15-9-14(20)17(23-2)11-25-15/h3-6,9,11,16H,7-8,10H2,1-2H3. The van der Waals surface area contributed by atoms with E-state index in [2.05, 4.69) is 0 Å². The summed E-state index contributed by atoms with van der Waals surface area (Å²) in [5.74, 6) is 0.463. The van der Waals surface area contributed by atoms with E-state index in [0.717, 1.165) is 23.6 Å². The largest absolute Gasteiger partial charge is 0.497 e. The highest BCUT2D eigenvalue weighted by Crippen LogP contribution is 2.25. The zero-order chi connectivity index (χ0) is 17.8. The first-order chi connectivity index (χ1) is 12.1. The van der Waals surface area contributed by atoms with Crippen LogP contribution in [0.3, 0.4) is 0 Å². The molecule has 1 atom stereocenters. The zero-order valence-electron chi connectivity index (χ0n) is 14.1. The molecule has 0 aliphatic carbocycles. The van der Waals surface area contributed by atoms with Gasteiger partial charge in [-0.25, -0.2) is 0 Å². The molecule has 1 amide bonds. The van der Waals surface area contributed by atoms with E-state index < -0.39 is 5.43 Å². The van der Waals surface area contributed by atoms with Gasteiger partial charge in [0.2, 0.25) is 11.2 Å². The topological polar surface area (TPSA) is 78.2 Å². The molecular weight excluding hydrogens is 326 g/mol. The third-order valence-electron chi connectivity index (χ3n) is 4.07. The predicted molar refractivity (Wildman–Crippen MR) is 89.1 cm³/mol. The van der Waals surface area contributed by atoms with Crippen molar-refractivity contribution in [1.29, 1.82) is 0 Å². The first-order valence-electron chi connectivity index (χ1n) is 7.84. The number of hydrogen-bond acceptors (Lipinski definition) is 6. The Bertz CT molecular complexity index is 798. The second kappa shape index (κ2) is 7.40. The number of nitrogens with zero attached hydrogens (tertiary/aromatic N) is 1. The molecule has 2 aromatic rings. The Hall–Kier alpha value is -2.80. The van der Waals surface area contributed by atoms with Crippen molar-refractivity contribution in [3.05, 3.63) is 58.1 Å². The Balaban J connectivity index is 1.75. The third kappa shape index (κ3) is 3.66. The maximum Gasteiger partial charge on any atom is 0.289 e. The van der Waals surface area contributed by atoms with Gasteiger partial charge in [0.1, 0.15) is 18.1 Å². The fourth-order valence-electron chi connectivity index (χ4n) is 2.67. The Morgan fingerprint density at radius 1 is 1.20 bits per heavy atom. The monoisotopic (exact) mass is 345 g/mol. The van der Waals surface area contributed by atoms with Crippen LogP contribution in [0.4, 0.5) is 0 Å². The van der Waals surface area contributed by atoms with Gasteiger partial charge in [0, 0.05) is 12.6 Å². The SMILES string of the molecule is COc1ccc(C2CN(C(=O)c3cc(=O)c(OC)co3)CCO2)cc1. The number of carbonyl (C=O) groups is 1. The molecule has 0 saturated carbocycles. The highest BCUT2D eigenvalue weighted by Gasteiger charge is 2.27. The number of ether oxygens (including phenoxy) is 3. The highest BCUT2D eigenvalue weighted by molar-refractivity contribution is 5.91. The van der Waals surface area contributed by atoms with Crippen molar-refractivity contribution in [2.75, 3.05) is 33.9 Å². The molecule has 2 heterocycles. The molecule has 0 N–H and O–H groups in total. The van der Waals surface area contributed by atoms with E-state index in [1.807, 2.05) is 24.3 Å². The Morgan fingerprint density at radius 3 is 2.60 bits per heavy atom. The van der Waals surface area contributed by atoms with Gasteiger partial charge in [-0.1, -0.05) is 12.1 Å². The van der Waals surface area contributed by atoms with Crippen molar-refractivity contribution >= 4 is 5.91 Å². The van der Waals surface area contributed by atoms with Gasteiger partial charge in [-0.2, -0.15) is 0 Å². The second-order valence-electron chi connectivity index (χ2n) is 5.56. The van der Waals surface area contributed by atoms with Gasteiger partial charge in [-0.05, 0) is 17.7 Å². The molecule has 25 heavy (non-hydrogen) atoms. The van der Waals surface area contributed by atoms with Gasteiger partial charge < -0.3 is 23.5 Å². The van der Waals surface area contributed by atoms with E-state index in [4.69, 9.17) is 18.6 Å². The van der Waals surface area contributed by atoms with Crippen LogP contribution in [-0.4, -0.2) is 44.7 Å². The Labute approximate surface area is 144 Å². The van der Waals surface area contributed by atoms with Crippen LogP contribution < -0.4 is 14.9 Å². The Morgan fingerprint density at radius 2 is 1.96 bits per heavy atom. The first kappa shape index (κ1) is 17.0. The van der Waals surface area contributed by atoms with Gasteiger partial charge in [-0.15, -0.1) is 0 Å². The zero-order valence-corrected chi connectivity index (χ0v) is 14.1. The van der Waals surface area contributed by atoms with Crippen LogP contribution in [0.5, 0.6) is 11.5 Å². The lowest BCUT2D eigenvalue weighted by Gasteiger charge is -2.32. The van der Waals surface area contributed by atoms with Crippen LogP contribution in [-0.2, 0) is 4.74 Å². The van der Waals surface area contributed by atoms with E-state index in [1.165, 1.54) is 7.11 Å². The number of hydrogen-bond donors (Lipinski definition) is 0. The number of carbonyl (C=O) groups excluding carboxylic acids is 1. The minimum absolute atomic E-state index is 0.0128. The Kier molecular flexibility index (Phi) is 5.04. The number of methoxy groups -OCH3 is 2. The van der Waals surface area contributed by atoms with Crippen LogP contribution in [0.15, 0.2) is 45.8 Å². The molecule has 132 valence electrons. The van der Waals surface area contributed by atoms with Gasteiger partial charge >= 0.3 is 0 Å². The summed E-state index contributed by atoms with van der Waals surface area (Å²) in [6.45, 7) is 1.21. The molecule has 3 rings (SSSR count). The lowest BCUT2D eigenvalue weighted by Crippen LogP contribution is -2.42. The van der Waals surface area contributed by atoms with Crippen LogP contribution in [0.2, 0.25) is 0 Å². The van der Waals surface area contributed by atoms with Crippen LogP contribution >= 0.6 is 0 Å². The molecule has 1 aliphatic heterocycles. The van der Waals surface area contributed by atoms with E-state index in [9.17, 15) is 9.59 Å². The minimum atomic E-state index is -0.392. The van der Waals surface area contributed by atoms with Gasteiger partial charge in [-0.3, -0.25) is 9.59 Å².